The van der Waals surface area contributed by atoms with Gasteiger partial charge in [-0.2, -0.15) is 0 Å². The van der Waals surface area contributed by atoms with Crippen molar-refractivity contribution in [3.8, 4) is 5.75 Å². The van der Waals surface area contributed by atoms with Crippen LogP contribution in [0.5, 0.6) is 5.75 Å². The Balaban J connectivity index is 1.62. The molecule has 1 amide bonds. The van der Waals surface area contributed by atoms with Crippen LogP contribution in [-0.2, 0) is 4.79 Å². The molecule has 216 valence electrons. The maximum absolute atomic E-state index is 14.0. The van der Waals surface area contributed by atoms with Gasteiger partial charge in [0.25, 0.3) is 0 Å². The lowest BCUT2D eigenvalue weighted by molar-refractivity contribution is -0.156. The molecule has 2 saturated heterocycles. The number of nitrogens with zero attached hydrogens (tertiary/aromatic N) is 3. The third kappa shape index (κ3) is 6.66. The van der Waals surface area contributed by atoms with E-state index in [0.717, 1.165) is 38.1 Å². The highest BCUT2D eigenvalue weighted by Gasteiger charge is 2.43. The highest BCUT2D eigenvalue weighted by molar-refractivity contribution is 6.74. The monoisotopic (exact) mass is 585 g/mol. The minimum Gasteiger partial charge on any atom is -0.544 e. The zero-order chi connectivity index (χ0) is 29.2. The molecule has 0 aliphatic carbocycles. The number of hydrogen-bond donors (Lipinski definition) is 0. The molecule has 2 aliphatic heterocycles. The number of aliphatic imine (C=N–C) groups is 1. The summed E-state index contributed by atoms with van der Waals surface area (Å²) in [5, 5.41) is 4.16. The number of benzene rings is 2. The van der Waals surface area contributed by atoms with Crippen molar-refractivity contribution in [3.05, 3.63) is 58.9 Å². The number of Topliss-reactive ketones (excluding diaryl/α,β-unsaturated/α-hetero) is 1. The number of hydrogen-bond acceptors (Lipinski definition) is 5. The molecule has 0 N–H and O–H groups in total. The molecular formula is C31H41ClFN3O3Si. The van der Waals surface area contributed by atoms with Gasteiger partial charge in [-0.1, -0.05) is 45.7 Å². The Hall–Kier alpha value is -2.55. The third-order valence-corrected chi connectivity index (χ3v) is 13.2. The summed E-state index contributed by atoms with van der Waals surface area (Å²) in [6, 6.07) is 11.3. The molecule has 0 spiro atoms. The Kier molecular flexibility index (Phi) is 9.22. The minimum absolute atomic E-state index is 0.0563. The highest BCUT2D eigenvalue weighted by Crippen LogP contribution is 2.38. The van der Waals surface area contributed by atoms with Gasteiger partial charge >= 0.3 is 0 Å². The van der Waals surface area contributed by atoms with Gasteiger partial charge in [0, 0.05) is 43.2 Å². The van der Waals surface area contributed by atoms with Crippen LogP contribution in [0, 0.1) is 17.7 Å². The average Bonchev–Trinajstić information content (AvgIpc) is 2.90. The van der Waals surface area contributed by atoms with Gasteiger partial charge in [-0.3, -0.25) is 19.6 Å². The van der Waals surface area contributed by atoms with Crippen molar-refractivity contribution in [2.24, 2.45) is 16.8 Å². The molecule has 2 aliphatic rings. The lowest BCUT2D eigenvalue weighted by Gasteiger charge is -2.43. The summed E-state index contributed by atoms with van der Waals surface area (Å²) in [5.74, 6) is -1.35. The van der Waals surface area contributed by atoms with Crippen molar-refractivity contribution < 1.29 is 18.4 Å². The quantitative estimate of drug-likeness (QED) is 0.247. The van der Waals surface area contributed by atoms with E-state index in [1.807, 2.05) is 17.1 Å². The predicted octanol–water partition coefficient (Wildman–Crippen LogP) is 7.70. The van der Waals surface area contributed by atoms with Gasteiger partial charge in [0.1, 0.15) is 11.6 Å². The number of ketones is 1. The fraction of sp³-hybridized carbons (Fsp3) is 0.516. The number of carbonyl (C=O) groups excluding carboxylic acids is 2. The first kappa shape index (κ1) is 30.4. The summed E-state index contributed by atoms with van der Waals surface area (Å²) in [6.45, 7) is 14.9. The van der Waals surface area contributed by atoms with Crippen LogP contribution < -0.4 is 4.43 Å². The first-order valence-corrected chi connectivity index (χ1v) is 17.5. The van der Waals surface area contributed by atoms with Crippen LogP contribution in [0.1, 0.15) is 63.7 Å². The van der Waals surface area contributed by atoms with Crippen molar-refractivity contribution in [2.75, 3.05) is 19.6 Å². The average molecular weight is 586 g/mol. The van der Waals surface area contributed by atoms with Gasteiger partial charge in [0.15, 0.2) is 5.78 Å². The molecule has 2 atom stereocenters. The van der Waals surface area contributed by atoms with Crippen LogP contribution in [0.4, 0.5) is 10.1 Å². The fourth-order valence-electron chi connectivity index (χ4n) is 5.09. The van der Waals surface area contributed by atoms with E-state index in [2.05, 4.69) is 38.9 Å². The smallest absolute Gasteiger partial charge is 0.250 e. The van der Waals surface area contributed by atoms with Gasteiger partial charge in [-0.25, -0.2) is 9.40 Å². The Morgan fingerprint density at radius 1 is 1.07 bits per heavy atom. The number of rotatable bonds is 7. The van der Waals surface area contributed by atoms with Crippen LogP contribution in [0.3, 0.4) is 0 Å². The Bertz CT molecular complexity index is 1270. The summed E-state index contributed by atoms with van der Waals surface area (Å²) in [5.41, 5.74) is 1.52. The van der Waals surface area contributed by atoms with Crippen molar-refractivity contribution in [1.29, 1.82) is 0 Å². The molecule has 2 fully saturated rings. The molecule has 0 radical (unpaired) electrons. The van der Waals surface area contributed by atoms with Crippen molar-refractivity contribution in [3.63, 3.8) is 0 Å². The molecule has 2 aromatic carbocycles. The van der Waals surface area contributed by atoms with E-state index in [1.54, 1.807) is 19.1 Å². The van der Waals surface area contributed by atoms with Gasteiger partial charge in [0.05, 0.1) is 16.6 Å². The van der Waals surface area contributed by atoms with E-state index in [4.69, 9.17) is 21.0 Å². The van der Waals surface area contributed by atoms with E-state index >= 15 is 0 Å². The van der Waals surface area contributed by atoms with E-state index in [-0.39, 0.29) is 21.8 Å². The second-order valence-corrected chi connectivity index (χ2v) is 17.6. The topological polar surface area (TPSA) is 62.2 Å². The molecule has 2 heterocycles. The molecule has 40 heavy (non-hydrogen) atoms. The summed E-state index contributed by atoms with van der Waals surface area (Å²) < 4.78 is 20.1. The summed E-state index contributed by atoms with van der Waals surface area (Å²) in [6.07, 6.45) is 3.75. The second-order valence-electron chi connectivity index (χ2n) is 12.4. The molecule has 2 aromatic rings. The minimum atomic E-state index is -2.02. The zero-order valence-corrected chi connectivity index (χ0v) is 26.2. The number of piperidine rings is 2. The SMILES string of the molecule is CC(C(=O)c1ccc(O[Si](C)(C)C(C)(C)C)cc1)C1C(=O)N(N2CCCCC2)CCC1=Nc1ccc(F)cc1Cl. The van der Waals surface area contributed by atoms with Gasteiger partial charge in [-0.05, 0) is 73.4 Å². The van der Waals surface area contributed by atoms with Crippen LogP contribution in [0.15, 0.2) is 47.5 Å². The molecule has 0 aromatic heterocycles. The predicted molar refractivity (Wildman–Crippen MR) is 162 cm³/mol. The van der Waals surface area contributed by atoms with E-state index in [9.17, 15) is 14.0 Å². The van der Waals surface area contributed by atoms with Crippen molar-refractivity contribution in [1.82, 2.24) is 10.0 Å². The maximum atomic E-state index is 14.0. The van der Waals surface area contributed by atoms with Crippen LogP contribution in [-0.4, -0.2) is 55.4 Å². The molecule has 4 rings (SSSR count). The highest BCUT2D eigenvalue weighted by atomic mass is 35.5. The van der Waals surface area contributed by atoms with Crippen molar-refractivity contribution in [2.45, 2.75) is 71.5 Å². The normalized spacial score (nSPS) is 21.0. The number of halogens is 2. The second kappa shape index (κ2) is 12.1. The van der Waals surface area contributed by atoms with Gasteiger partial charge < -0.3 is 4.43 Å². The number of carbonyl (C=O) groups is 2. The Labute approximate surface area is 243 Å². The van der Waals surface area contributed by atoms with Crippen LogP contribution >= 0.6 is 11.6 Å². The van der Waals surface area contributed by atoms with Gasteiger partial charge in [-0.15, -0.1) is 0 Å². The molecule has 0 bridgehead atoms. The molecule has 9 heteroatoms. The molecule has 6 nitrogen and oxygen atoms in total. The number of hydrazine groups is 1. The first-order valence-electron chi connectivity index (χ1n) is 14.2. The Morgan fingerprint density at radius 2 is 1.73 bits per heavy atom. The molecular weight excluding hydrogens is 545 g/mol. The summed E-state index contributed by atoms with van der Waals surface area (Å²) in [7, 11) is -2.02. The standard InChI is InChI=1S/C31H41ClFN3O3Si/c1-21(29(37)22-10-13-24(14-11-22)39-40(5,6)31(2,3)4)28-27(34-26-15-12-23(33)20-25(26)32)16-19-36(30(28)38)35-17-8-7-9-18-35/h10-15,20-21,28H,7-9,16-19H2,1-6H3. The Morgan fingerprint density at radius 3 is 2.33 bits per heavy atom. The van der Waals surface area contributed by atoms with E-state index in [1.165, 1.54) is 18.2 Å². The molecule has 0 saturated carbocycles. The van der Waals surface area contributed by atoms with Crippen molar-refractivity contribution >= 4 is 43.0 Å². The van der Waals surface area contributed by atoms with Gasteiger partial charge in [0.2, 0.25) is 14.2 Å². The molecule has 2 unspecified atom stereocenters. The van der Waals surface area contributed by atoms with Crippen LogP contribution in [0.2, 0.25) is 23.2 Å². The largest absolute Gasteiger partial charge is 0.544 e. The lowest BCUT2D eigenvalue weighted by atomic mass is 9.80. The first-order chi connectivity index (χ1) is 18.8. The van der Waals surface area contributed by atoms with E-state index < -0.39 is 26.0 Å². The lowest BCUT2D eigenvalue weighted by Crippen LogP contribution is -2.57. The third-order valence-electron chi connectivity index (χ3n) is 8.54. The van der Waals surface area contributed by atoms with Crippen LogP contribution in [0.25, 0.3) is 0 Å². The number of amides is 1. The fourth-order valence-corrected chi connectivity index (χ4v) is 6.33. The summed E-state index contributed by atoms with van der Waals surface area (Å²) in [4.78, 5) is 32.5. The summed E-state index contributed by atoms with van der Waals surface area (Å²) >= 11 is 6.28. The zero-order valence-electron chi connectivity index (χ0n) is 24.5. The maximum Gasteiger partial charge on any atom is 0.250 e. The van der Waals surface area contributed by atoms with E-state index in [0.29, 0.717) is 29.9 Å².